The molecule has 1 aromatic heterocycles. The zero-order valence-electron chi connectivity index (χ0n) is 32.3. The van der Waals surface area contributed by atoms with Crippen LogP contribution in [0.4, 0.5) is 23.8 Å². The fourth-order valence-electron chi connectivity index (χ4n) is 6.88. The van der Waals surface area contributed by atoms with Crippen LogP contribution in [0.3, 0.4) is 0 Å². The third-order valence-electron chi connectivity index (χ3n) is 8.90. The summed E-state index contributed by atoms with van der Waals surface area (Å²) >= 11 is 0. The van der Waals surface area contributed by atoms with E-state index in [4.69, 9.17) is 19.2 Å². The van der Waals surface area contributed by atoms with E-state index in [-0.39, 0.29) is 59.2 Å². The van der Waals surface area contributed by atoms with Crippen molar-refractivity contribution < 1.29 is 37.3 Å². The van der Waals surface area contributed by atoms with Crippen molar-refractivity contribution in [3.05, 3.63) is 58.7 Å². The predicted octanol–water partition coefficient (Wildman–Crippen LogP) is 9.38. The molecule has 2 aliphatic heterocycles. The van der Waals surface area contributed by atoms with Gasteiger partial charge in [0, 0.05) is 25.6 Å². The second-order valence-electron chi connectivity index (χ2n) is 14.6. The number of halogens is 3. The normalized spacial score (nSPS) is 18.1. The van der Waals surface area contributed by atoms with Crippen molar-refractivity contribution in [1.29, 1.82) is 0 Å². The number of hydrogen-bond donors (Lipinski definition) is 1. The summed E-state index contributed by atoms with van der Waals surface area (Å²) in [5.41, 5.74) is -1.06. The smallest absolute Gasteiger partial charge is 0.410 e. The van der Waals surface area contributed by atoms with Gasteiger partial charge in [-0.05, 0) is 120 Å². The number of benzene rings is 2. The Hall–Kier alpha value is -4.16. The van der Waals surface area contributed by atoms with Crippen LogP contribution in [0.5, 0.6) is 5.75 Å². The van der Waals surface area contributed by atoms with E-state index in [1.165, 1.54) is 38.3 Å². The maximum Gasteiger partial charge on any atom is 0.410 e. The minimum absolute atomic E-state index is 0.101. The van der Waals surface area contributed by atoms with Gasteiger partial charge in [-0.3, -0.25) is 4.90 Å². The van der Waals surface area contributed by atoms with Crippen molar-refractivity contribution in [2.45, 2.75) is 112 Å². The van der Waals surface area contributed by atoms with Gasteiger partial charge in [0.2, 0.25) is 0 Å². The van der Waals surface area contributed by atoms with E-state index in [9.17, 15) is 14.3 Å². The number of nitrogens with zero attached hydrogens (tertiary/aromatic N) is 4. The number of fused-ring (bicyclic) bond motifs is 3. The van der Waals surface area contributed by atoms with Crippen LogP contribution in [-0.2, 0) is 9.47 Å². The molecule has 2 aromatic carbocycles. The number of methoxy groups -OCH3 is 1. The third kappa shape index (κ3) is 8.89. The first-order valence-electron chi connectivity index (χ1n) is 17.9. The molecule has 1 N–H and O–H groups in total. The van der Waals surface area contributed by atoms with Crippen molar-refractivity contribution in [2.24, 2.45) is 0 Å². The minimum Gasteiger partial charge on any atom is -0.468 e. The Labute approximate surface area is 305 Å². The molecule has 0 radical (unpaired) electrons. The summed E-state index contributed by atoms with van der Waals surface area (Å²) in [5, 5.41) is 10.6. The fourth-order valence-corrected chi connectivity index (χ4v) is 6.88. The van der Waals surface area contributed by atoms with Crippen LogP contribution < -0.4 is 9.64 Å². The molecule has 52 heavy (non-hydrogen) atoms. The number of hydrogen-bond acceptors (Lipinski definition) is 8. The van der Waals surface area contributed by atoms with Crippen molar-refractivity contribution >= 4 is 34.5 Å². The molecule has 2 aliphatic rings. The number of allylic oxidation sites excluding steroid dienone is 2. The molecular formula is C40H53F3N4O5. The van der Waals surface area contributed by atoms with E-state index >= 15 is 8.78 Å². The number of carbonyl (C=O) groups is 1. The SMILES string of the molecule is CC.CC/C(=C(/C)F)c1c(C)cc(OCOC)cc1-c1c(F)cc2c(N3CC4CCC(C3)N4C(=O)OC(C)(C)C)nc(/C=C/C(C)(C)O)nc2c1F. The van der Waals surface area contributed by atoms with Gasteiger partial charge in [0.15, 0.2) is 18.4 Å². The third-order valence-corrected chi connectivity index (χ3v) is 8.90. The summed E-state index contributed by atoms with van der Waals surface area (Å²) in [7, 11) is 1.46. The van der Waals surface area contributed by atoms with Gasteiger partial charge in [-0.15, -0.1) is 0 Å². The first-order valence-corrected chi connectivity index (χ1v) is 17.9. The van der Waals surface area contributed by atoms with E-state index in [0.29, 0.717) is 41.4 Å². The molecule has 0 spiro atoms. The Balaban J connectivity index is 0.00000297. The van der Waals surface area contributed by atoms with Gasteiger partial charge in [-0.2, -0.15) is 0 Å². The number of ether oxygens (including phenoxy) is 3. The van der Waals surface area contributed by atoms with Gasteiger partial charge >= 0.3 is 6.09 Å². The Bertz CT molecular complexity index is 1830. The maximum absolute atomic E-state index is 17.1. The Morgan fingerprint density at radius 2 is 1.69 bits per heavy atom. The van der Waals surface area contributed by atoms with Crippen molar-refractivity contribution in [2.75, 3.05) is 31.9 Å². The van der Waals surface area contributed by atoms with Gasteiger partial charge in [0.05, 0.1) is 23.2 Å². The van der Waals surface area contributed by atoms with Gasteiger partial charge < -0.3 is 24.2 Å². The molecule has 0 aliphatic carbocycles. The predicted molar refractivity (Wildman–Crippen MR) is 200 cm³/mol. The zero-order valence-corrected chi connectivity index (χ0v) is 32.3. The molecule has 9 nitrogen and oxygen atoms in total. The molecule has 1 amide bonds. The highest BCUT2D eigenvalue weighted by Crippen LogP contribution is 2.43. The molecule has 3 heterocycles. The summed E-state index contributed by atoms with van der Waals surface area (Å²) in [6, 6.07) is 3.99. The maximum atomic E-state index is 17.1. The molecule has 2 unspecified atom stereocenters. The van der Waals surface area contributed by atoms with Crippen LogP contribution in [0.1, 0.15) is 98.5 Å². The van der Waals surface area contributed by atoms with Crippen LogP contribution in [0, 0.1) is 18.6 Å². The molecule has 12 heteroatoms. The molecular weight excluding hydrogens is 673 g/mol. The number of anilines is 1. The molecule has 2 fully saturated rings. The van der Waals surface area contributed by atoms with Crippen molar-refractivity contribution in [3.8, 4) is 16.9 Å². The summed E-state index contributed by atoms with van der Waals surface area (Å²) in [4.78, 5) is 26.1. The summed E-state index contributed by atoms with van der Waals surface area (Å²) in [6.45, 7) is 18.1. The van der Waals surface area contributed by atoms with E-state index in [1.807, 2.05) is 39.5 Å². The lowest BCUT2D eigenvalue weighted by Crippen LogP contribution is -2.57. The topological polar surface area (TPSA) is 97.3 Å². The fraction of sp³-hybridized carbons (Fsp3) is 0.525. The second-order valence-corrected chi connectivity index (χ2v) is 14.6. The largest absolute Gasteiger partial charge is 0.468 e. The Morgan fingerprint density at radius 3 is 2.23 bits per heavy atom. The molecule has 0 saturated carbocycles. The number of carbonyl (C=O) groups excluding carboxylic acids is 1. The lowest BCUT2D eigenvalue weighted by molar-refractivity contribution is 0.0122. The molecule has 2 bridgehead atoms. The van der Waals surface area contributed by atoms with Gasteiger partial charge in [0.25, 0.3) is 0 Å². The van der Waals surface area contributed by atoms with E-state index < -0.39 is 28.7 Å². The van der Waals surface area contributed by atoms with Crippen LogP contribution >= 0.6 is 0 Å². The molecule has 284 valence electrons. The van der Waals surface area contributed by atoms with Crippen molar-refractivity contribution in [3.63, 3.8) is 0 Å². The average molecular weight is 727 g/mol. The van der Waals surface area contributed by atoms with Gasteiger partial charge in [-0.1, -0.05) is 20.8 Å². The number of amides is 1. The highest BCUT2D eigenvalue weighted by Gasteiger charge is 2.45. The van der Waals surface area contributed by atoms with Crippen LogP contribution in [-0.4, -0.2) is 76.3 Å². The first kappa shape index (κ1) is 40.6. The van der Waals surface area contributed by atoms with Crippen LogP contribution in [0.2, 0.25) is 0 Å². The highest BCUT2D eigenvalue weighted by atomic mass is 19.1. The first-order chi connectivity index (χ1) is 24.4. The summed E-state index contributed by atoms with van der Waals surface area (Å²) < 4.78 is 65.1. The summed E-state index contributed by atoms with van der Waals surface area (Å²) in [5.74, 6) is -1.59. The molecule has 3 aromatic rings. The lowest BCUT2D eigenvalue weighted by atomic mass is 9.88. The van der Waals surface area contributed by atoms with Gasteiger partial charge in [-0.25, -0.2) is 27.9 Å². The highest BCUT2D eigenvalue weighted by molar-refractivity contribution is 5.96. The average Bonchev–Trinajstić information content (AvgIpc) is 3.33. The minimum atomic E-state index is -1.22. The van der Waals surface area contributed by atoms with Gasteiger partial charge in [0.1, 0.15) is 34.3 Å². The molecule has 2 atom stereocenters. The summed E-state index contributed by atoms with van der Waals surface area (Å²) in [6.07, 6.45) is 4.36. The number of rotatable bonds is 9. The van der Waals surface area contributed by atoms with Crippen LogP contribution in [0.25, 0.3) is 33.7 Å². The lowest BCUT2D eigenvalue weighted by Gasteiger charge is -2.42. The Kier molecular flexibility index (Phi) is 12.7. The number of aliphatic hydroxyl groups is 1. The zero-order chi connectivity index (χ0) is 38.7. The van der Waals surface area contributed by atoms with E-state index in [1.54, 1.807) is 38.7 Å². The standard InChI is InChI=1S/C38H47F3N4O5.C2H6/c1-10-26(22(3)39)31-21(2)15-25(49-20-48-9)16-27(31)32-29(40)17-28-34(33(32)41)42-30(13-14-38(7,8)47)43-35(28)44-18-23-11-12-24(19-44)45(23)36(46)50-37(4,5)6;1-2/h13-17,23-24,47H,10-12,18-20H2,1-9H3;1-2H3/b14-13+,26-22+;. The molecule has 5 rings (SSSR count). The van der Waals surface area contributed by atoms with Crippen molar-refractivity contribution in [1.82, 2.24) is 14.9 Å². The quantitative estimate of drug-likeness (QED) is 0.218. The number of aryl methyl sites for hydroxylation is 1. The van der Waals surface area contributed by atoms with Crippen LogP contribution in [0.15, 0.2) is 30.1 Å². The number of aromatic nitrogens is 2. The number of piperazine rings is 1. The van der Waals surface area contributed by atoms with E-state index in [0.717, 1.165) is 12.8 Å². The molecule has 2 saturated heterocycles. The Morgan fingerprint density at radius 1 is 1.06 bits per heavy atom. The second kappa shape index (κ2) is 16.2. The monoisotopic (exact) mass is 726 g/mol. The van der Waals surface area contributed by atoms with E-state index in [2.05, 4.69) is 4.98 Å².